The molecule has 0 fully saturated rings. The second-order valence-electron chi connectivity index (χ2n) is 2.30. The summed E-state index contributed by atoms with van der Waals surface area (Å²) >= 11 is 1.50. The predicted octanol–water partition coefficient (Wildman–Crippen LogP) is 2.14. The smallest absolute Gasteiger partial charge is 0.0971 e. The topological polar surface area (TPSA) is 33.1 Å². The third-order valence-electron chi connectivity index (χ3n) is 1.44. The Morgan fingerprint density at radius 2 is 2.64 bits per heavy atom. The van der Waals surface area contributed by atoms with E-state index in [4.69, 9.17) is 0 Å². The Hall–Kier alpha value is -0.670. The standard InChI is InChI=1S/C8H11NOS/c1-2-3-4-8(10)7-5-11-6-9-7/h2,5-6,8,10H,1,3-4H2. The van der Waals surface area contributed by atoms with E-state index in [9.17, 15) is 5.11 Å². The Balaban J connectivity index is 2.42. The fraction of sp³-hybridized carbons (Fsp3) is 0.375. The van der Waals surface area contributed by atoms with Gasteiger partial charge in [-0.05, 0) is 12.8 Å². The zero-order valence-corrected chi connectivity index (χ0v) is 7.05. The van der Waals surface area contributed by atoms with Crippen LogP contribution in [0.25, 0.3) is 0 Å². The first-order chi connectivity index (χ1) is 5.34. The minimum atomic E-state index is -0.417. The molecule has 1 aromatic rings. The van der Waals surface area contributed by atoms with E-state index in [1.807, 2.05) is 5.38 Å². The molecular formula is C8H11NOS. The molecule has 3 heteroatoms. The van der Waals surface area contributed by atoms with Gasteiger partial charge >= 0.3 is 0 Å². The molecule has 0 aliphatic rings. The predicted molar refractivity (Wildman–Crippen MR) is 46.5 cm³/mol. The highest BCUT2D eigenvalue weighted by Crippen LogP contribution is 2.17. The monoisotopic (exact) mass is 169 g/mol. The number of aliphatic hydroxyl groups excluding tert-OH is 1. The van der Waals surface area contributed by atoms with E-state index in [-0.39, 0.29) is 0 Å². The maximum Gasteiger partial charge on any atom is 0.0971 e. The zero-order chi connectivity index (χ0) is 8.10. The van der Waals surface area contributed by atoms with Crippen molar-refractivity contribution in [2.24, 2.45) is 0 Å². The van der Waals surface area contributed by atoms with Gasteiger partial charge in [-0.2, -0.15) is 0 Å². The van der Waals surface area contributed by atoms with Crippen molar-refractivity contribution in [3.63, 3.8) is 0 Å². The van der Waals surface area contributed by atoms with Gasteiger partial charge in [0.15, 0.2) is 0 Å². The molecule has 0 saturated carbocycles. The highest BCUT2D eigenvalue weighted by molar-refractivity contribution is 7.07. The van der Waals surface area contributed by atoms with E-state index >= 15 is 0 Å². The summed E-state index contributed by atoms with van der Waals surface area (Å²) in [6, 6.07) is 0. The van der Waals surface area contributed by atoms with Gasteiger partial charge in [0.2, 0.25) is 0 Å². The molecule has 1 rings (SSSR count). The molecule has 1 unspecified atom stereocenters. The molecule has 11 heavy (non-hydrogen) atoms. The second-order valence-corrected chi connectivity index (χ2v) is 3.01. The molecule has 1 N–H and O–H groups in total. The van der Waals surface area contributed by atoms with E-state index in [0.29, 0.717) is 6.42 Å². The highest BCUT2D eigenvalue weighted by Gasteiger charge is 2.06. The van der Waals surface area contributed by atoms with Crippen LogP contribution in [0.15, 0.2) is 23.5 Å². The molecule has 1 heterocycles. The molecule has 2 nitrogen and oxygen atoms in total. The van der Waals surface area contributed by atoms with E-state index in [0.717, 1.165) is 12.1 Å². The van der Waals surface area contributed by atoms with Gasteiger partial charge in [0.25, 0.3) is 0 Å². The zero-order valence-electron chi connectivity index (χ0n) is 6.23. The molecule has 0 spiro atoms. The lowest BCUT2D eigenvalue weighted by atomic mass is 10.1. The Bertz CT molecular complexity index is 208. The van der Waals surface area contributed by atoms with Crippen LogP contribution in [-0.4, -0.2) is 10.1 Å². The Kier molecular flexibility index (Phi) is 3.26. The molecule has 0 bridgehead atoms. The van der Waals surface area contributed by atoms with E-state index < -0.39 is 6.10 Å². The molecule has 60 valence electrons. The lowest BCUT2D eigenvalue weighted by molar-refractivity contribution is 0.165. The van der Waals surface area contributed by atoms with Crippen LogP contribution in [0, 0.1) is 0 Å². The first-order valence-electron chi connectivity index (χ1n) is 3.51. The van der Waals surface area contributed by atoms with Crippen LogP contribution in [-0.2, 0) is 0 Å². The van der Waals surface area contributed by atoms with E-state index in [2.05, 4.69) is 11.6 Å². The summed E-state index contributed by atoms with van der Waals surface area (Å²) in [6.45, 7) is 3.59. The van der Waals surface area contributed by atoms with Gasteiger partial charge in [0.1, 0.15) is 0 Å². The summed E-state index contributed by atoms with van der Waals surface area (Å²) in [5.74, 6) is 0. The number of aliphatic hydroxyl groups is 1. The van der Waals surface area contributed by atoms with Crippen molar-refractivity contribution < 1.29 is 5.11 Å². The average Bonchev–Trinajstić information content (AvgIpc) is 2.52. The molecule has 0 amide bonds. The highest BCUT2D eigenvalue weighted by atomic mass is 32.1. The Morgan fingerprint density at radius 3 is 3.18 bits per heavy atom. The Morgan fingerprint density at radius 1 is 1.82 bits per heavy atom. The van der Waals surface area contributed by atoms with Crippen molar-refractivity contribution in [3.8, 4) is 0 Å². The van der Waals surface area contributed by atoms with Crippen LogP contribution in [0.2, 0.25) is 0 Å². The van der Waals surface area contributed by atoms with Crippen LogP contribution < -0.4 is 0 Å². The fourth-order valence-electron chi connectivity index (χ4n) is 0.810. The van der Waals surface area contributed by atoms with Crippen LogP contribution in [0.5, 0.6) is 0 Å². The van der Waals surface area contributed by atoms with E-state index in [1.54, 1.807) is 11.6 Å². The number of hydrogen-bond acceptors (Lipinski definition) is 3. The van der Waals surface area contributed by atoms with Crippen LogP contribution in [0.3, 0.4) is 0 Å². The molecule has 0 radical (unpaired) electrons. The van der Waals surface area contributed by atoms with Gasteiger partial charge < -0.3 is 5.11 Å². The van der Waals surface area contributed by atoms with Gasteiger partial charge in [0, 0.05) is 5.38 Å². The first-order valence-corrected chi connectivity index (χ1v) is 4.46. The molecule has 0 aliphatic heterocycles. The molecule has 0 aliphatic carbocycles. The molecule has 0 saturated heterocycles. The van der Waals surface area contributed by atoms with Crippen LogP contribution in [0.4, 0.5) is 0 Å². The molecule has 0 aromatic carbocycles. The molecular weight excluding hydrogens is 158 g/mol. The second kappa shape index (κ2) is 4.26. The fourth-order valence-corrected chi connectivity index (χ4v) is 1.41. The minimum absolute atomic E-state index is 0.417. The SMILES string of the molecule is C=CCCC(O)c1cscn1. The van der Waals surface area contributed by atoms with Crippen molar-refractivity contribution >= 4 is 11.3 Å². The van der Waals surface area contributed by atoms with Gasteiger partial charge in [-0.3, -0.25) is 0 Å². The maximum atomic E-state index is 9.44. The summed E-state index contributed by atoms with van der Waals surface area (Å²) < 4.78 is 0. The third kappa shape index (κ3) is 2.44. The number of aromatic nitrogens is 1. The van der Waals surface area contributed by atoms with Gasteiger partial charge in [-0.15, -0.1) is 17.9 Å². The Labute approximate surface area is 70.2 Å². The number of thiazole rings is 1. The largest absolute Gasteiger partial charge is 0.387 e. The normalized spacial score (nSPS) is 12.8. The van der Waals surface area contributed by atoms with Crippen LogP contribution >= 0.6 is 11.3 Å². The molecule has 1 atom stereocenters. The van der Waals surface area contributed by atoms with Gasteiger partial charge in [-0.1, -0.05) is 6.08 Å². The van der Waals surface area contributed by atoms with Crippen molar-refractivity contribution in [1.29, 1.82) is 0 Å². The number of allylic oxidation sites excluding steroid dienone is 1. The third-order valence-corrected chi connectivity index (χ3v) is 2.04. The first kappa shape index (κ1) is 8.43. The van der Waals surface area contributed by atoms with Crippen LogP contribution in [0.1, 0.15) is 24.6 Å². The van der Waals surface area contributed by atoms with Gasteiger partial charge in [0.05, 0.1) is 17.3 Å². The average molecular weight is 169 g/mol. The quantitative estimate of drug-likeness (QED) is 0.700. The summed E-state index contributed by atoms with van der Waals surface area (Å²) in [5.41, 5.74) is 2.50. The lowest BCUT2D eigenvalue weighted by Crippen LogP contribution is -1.96. The van der Waals surface area contributed by atoms with Crippen molar-refractivity contribution in [2.75, 3.05) is 0 Å². The summed E-state index contributed by atoms with van der Waals surface area (Å²) in [7, 11) is 0. The number of hydrogen-bond donors (Lipinski definition) is 1. The number of rotatable bonds is 4. The minimum Gasteiger partial charge on any atom is -0.387 e. The maximum absolute atomic E-state index is 9.44. The summed E-state index contributed by atoms with van der Waals surface area (Å²) in [6.07, 6.45) is 2.93. The summed E-state index contributed by atoms with van der Waals surface area (Å²) in [5, 5.41) is 11.3. The molecule has 1 aromatic heterocycles. The number of nitrogens with zero attached hydrogens (tertiary/aromatic N) is 1. The summed E-state index contributed by atoms with van der Waals surface area (Å²) in [4.78, 5) is 4.00. The lowest BCUT2D eigenvalue weighted by Gasteiger charge is -2.03. The van der Waals surface area contributed by atoms with Crippen molar-refractivity contribution in [3.05, 3.63) is 29.2 Å². The van der Waals surface area contributed by atoms with Crippen molar-refractivity contribution in [2.45, 2.75) is 18.9 Å². The van der Waals surface area contributed by atoms with Crippen molar-refractivity contribution in [1.82, 2.24) is 4.98 Å². The van der Waals surface area contributed by atoms with E-state index in [1.165, 1.54) is 11.3 Å². The van der Waals surface area contributed by atoms with Gasteiger partial charge in [-0.25, -0.2) is 4.98 Å².